The normalized spacial score (nSPS) is 11.7. The molecule has 1 N–H and O–H groups in total. The molecule has 0 spiro atoms. The van der Waals surface area contributed by atoms with Gasteiger partial charge in [0.05, 0.1) is 21.6 Å². The molecule has 0 aliphatic heterocycles. The highest BCUT2D eigenvalue weighted by Gasteiger charge is 2.10. The number of aryl methyl sites for hydroxylation is 1. The summed E-state index contributed by atoms with van der Waals surface area (Å²) in [5.74, 6) is -0.396. The number of carboxylic acid groups (broad SMARTS) is 1. The number of benzene rings is 3. The van der Waals surface area contributed by atoms with E-state index >= 15 is 0 Å². The Morgan fingerprint density at radius 1 is 1.00 bits per heavy atom. The summed E-state index contributed by atoms with van der Waals surface area (Å²) in [7, 11) is 0. The minimum Gasteiger partial charge on any atom is -0.478 e. The summed E-state index contributed by atoms with van der Waals surface area (Å²) in [5, 5.41) is 11.3. The van der Waals surface area contributed by atoms with Gasteiger partial charge in [0, 0.05) is 17.0 Å². The fourth-order valence-corrected chi connectivity index (χ4v) is 3.25. The minimum absolute atomic E-state index is 0.189. The van der Waals surface area contributed by atoms with Gasteiger partial charge in [-0.3, -0.25) is 0 Å². The third kappa shape index (κ3) is 3.55. The molecule has 0 amide bonds. The van der Waals surface area contributed by atoms with Crippen molar-refractivity contribution < 1.29 is 14.3 Å². The van der Waals surface area contributed by atoms with Gasteiger partial charge in [0.1, 0.15) is 11.3 Å². The molecule has 1 aromatic heterocycles. The van der Waals surface area contributed by atoms with E-state index in [9.17, 15) is 9.90 Å². The zero-order valence-corrected chi connectivity index (χ0v) is 15.8. The first-order chi connectivity index (χ1) is 13.5. The molecule has 0 aliphatic carbocycles. The lowest BCUT2D eigenvalue weighted by molar-refractivity contribution is 0.0697. The molecule has 4 aromatic rings. The van der Waals surface area contributed by atoms with Crippen LogP contribution in [0.1, 0.15) is 15.9 Å². The summed E-state index contributed by atoms with van der Waals surface area (Å²) in [4.78, 5) is 16.0. The number of hydrogen-bond acceptors (Lipinski definition) is 3. The number of nitrogens with zero attached hydrogens (tertiary/aromatic N) is 1. The summed E-state index contributed by atoms with van der Waals surface area (Å²) < 4.78 is 6.09. The molecule has 0 atom stereocenters. The van der Waals surface area contributed by atoms with Crippen LogP contribution in [0.25, 0.3) is 22.3 Å². The molecule has 0 aliphatic rings. The summed E-state index contributed by atoms with van der Waals surface area (Å²) >= 11 is 6.35. The summed E-state index contributed by atoms with van der Waals surface area (Å²) in [6.07, 6.45) is 0. The largest absolute Gasteiger partial charge is 0.478 e. The summed E-state index contributed by atoms with van der Waals surface area (Å²) in [5.41, 5.74) is 3.26. The molecule has 0 saturated carbocycles. The second-order valence-electron chi connectivity index (χ2n) is 6.44. The highest BCUT2D eigenvalue weighted by molar-refractivity contribution is 6.33. The Balaban J connectivity index is 2.01. The lowest BCUT2D eigenvalue weighted by atomic mass is 10.1. The molecular formula is C23H16ClNO3. The van der Waals surface area contributed by atoms with Gasteiger partial charge >= 0.3 is 5.97 Å². The van der Waals surface area contributed by atoms with Crippen molar-refractivity contribution in [2.24, 2.45) is 4.99 Å². The van der Waals surface area contributed by atoms with E-state index in [0.717, 1.165) is 16.5 Å². The third-order valence-electron chi connectivity index (χ3n) is 4.38. The van der Waals surface area contributed by atoms with Crippen LogP contribution in [0.2, 0.25) is 5.02 Å². The van der Waals surface area contributed by atoms with Gasteiger partial charge < -0.3 is 9.52 Å². The fourth-order valence-electron chi connectivity index (χ4n) is 3.02. The smallest absolute Gasteiger partial charge is 0.335 e. The quantitative estimate of drug-likeness (QED) is 0.468. The van der Waals surface area contributed by atoms with E-state index in [4.69, 9.17) is 21.0 Å². The predicted molar refractivity (Wildman–Crippen MR) is 110 cm³/mol. The molecule has 138 valence electrons. The number of aromatic carboxylic acids is 1. The number of carbonyl (C=O) groups is 1. The van der Waals surface area contributed by atoms with E-state index in [2.05, 4.69) is 0 Å². The van der Waals surface area contributed by atoms with Crippen molar-refractivity contribution >= 4 is 34.2 Å². The van der Waals surface area contributed by atoms with Gasteiger partial charge in [0.15, 0.2) is 0 Å². The van der Waals surface area contributed by atoms with Crippen LogP contribution in [0, 0.1) is 6.92 Å². The highest BCUT2D eigenvalue weighted by Crippen LogP contribution is 2.29. The van der Waals surface area contributed by atoms with Gasteiger partial charge in [0.25, 0.3) is 0 Å². The van der Waals surface area contributed by atoms with E-state index in [1.807, 2.05) is 49.4 Å². The Morgan fingerprint density at radius 3 is 2.61 bits per heavy atom. The molecule has 4 rings (SSSR count). The minimum atomic E-state index is -0.988. The monoisotopic (exact) mass is 389 g/mol. The summed E-state index contributed by atoms with van der Waals surface area (Å²) in [6, 6.07) is 21.7. The van der Waals surface area contributed by atoms with Gasteiger partial charge in [-0.1, -0.05) is 41.4 Å². The van der Waals surface area contributed by atoms with E-state index in [0.29, 0.717) is 27.4 Å². The number of fused-ring (bicyclic) bond motifs is 1. The predicted octanol–water partition coefficient (Wildman–Crippen LogP) is 5.99. The van der Waals surface area contributed by atoms with E-state index in [-0.39, 0.29) is 5.56 Å². The van der Waals surface area contributed by atoms with Crippen molar-refractivity contribution in [3.63, 3.8) is 0 Å². The molecule has 1 heterocycles. The highest BCUT2D eigenvalue weighted by atomic mass is 35.5. The average Bonchev–Trinajstić information content (AvgIpc) is 2.69. The van der Waals surface area contributed by atoms with Crippen LogP contribution in [-0.4, -0.2) is 11.1 Å². The van der Waals surface area contributed by atoms with Gasteiger partial charge in [-0.2, -0.15) is 0 Å². The zero-order chi connectivity index (χ0) is 19.7. The standard InChI is InChI=1S/C23H16ClNO3/c1-14-9-10-21-18(11-14)20(25-16-6-4-5-15(12-16)23(26)27)13-22(28-21)17-7-2-3-8-19(17)24/h2-13H,1H3,(H,26,27). The molecule has 5 heteroatoms. The molecule has 3 aromatic carbocycles. The maximum atomic E-state index is 11.3. The number of halogens is 1. The van der Waals surface area contributed by atoms with Crippen LogP contribution < -0.4 is 5.36 Å². The van der Waals surface area contributed by atoms with Crippen LogP contribution >= 0.6 is 11.6 Å². The first-order valence-corrected chi connectivity index (χ1v) is 9.06. The van der Waals surface area contributed by atoms with E-state index in [1.54, 1.807) is 30.3 Å². The Labute approximate surface area is 166 Å². The molecule has 28 heavy (non-hydrogen) atoms. The maximum Gasteiger partial charge on any atom is 0.335 e. The Bertz CT molecular complexity index is 1270. The second-order valence-corrected chi connectivity index (χ2v) is 6.85. The van der Waals surface area contributed by atoms with Crippen molar-refractivity contribution in [2.45, 2.75) is 6.92 Å². The van der Waals surface area contributed by atoms with Crippen LogP contribution in [0.5, 0.6) is 0 Å². The van der Waals surface area contributed by atoms with Crippen molar-refractivity contribution in [1.29, 1.82) is 0 Å². The topological polar surface area (TPSA) is 62.8 Å². The lowest BCUT2D eigenvalue weighted by Crippen LogP contribution is -2.04. The van der Waals surface area contributed by atoms with Crippen LogP contribution in [0.3, 0.4) is 0 Å². The third-order valence-corrected chi connectivity index (χ3v) is 4.71. The first-order valence-electron chi connectivity index (χ1n) is 8.69. The fraction of sp³-hybridized carbons (Fsp3) is 0.0435. The van der Waals surface area contributed by atoms with E-state index in [1.165, 1.54) is 0 Å². The molecule has 0 fully saturated rings. The van der Waals surface area contributed by atoms with Crippen molar-refractivity contribution in [3.8, 4) is 11.3 Å². The maximum absolute atomic E-state index is 11.3. The van der Waals surface area contributed by atoms with Crippen molar-refractivity contribution in [1.82, 2.24) is 0 Å². The Morgan fingerprint density at radius 2 is 1.82 bits per heavy atom. The van der Waals surface area contributed by atoms with Crippen LogP contribution in [-0.2, 0) is 0 Å². The van der Waals surface area contributed by atoms with Gasteiger partial charge in [-0.25, -0.2) is 9.79 Å². The Kier molecular flexibility index (Phi) is 4.72. The molecule has 0 radical (unpaired) electrons. The van der Waals surface area contributed by atoms with Crippen molar-refractivity contribution in [2.75, 3.05) is 0 Å². The molecular weight excluding hydrogens is 374 g/mol. The molecule has 4 nitrogen and oxygen atoms in total. The second kappa shape index (κ2) is 7.33. The zero-order valence-electron chi connectivity index (χ0n) is 15.0. The number of carboxylic acids is 1. The van der Waals surface area contributed by atoms with Crippen molar-refractivity contribution in [3.05, 3.63) is 94.3 Å². The lowest BCUT2D eigenvalue weighted by Gasteiger charge is -2.07. The van der Waals surface area contributed by atoms with E-state index < -0.39 is 5.97 Å². The van der Waals surface area contributed by atoms with Gasteiger partial charge in [-0.05, 0) is 49.4 Å². The molecule has 0 bridgehead atoms. The summed E-state index contributed by atoms with van der Waals surface area (Å²) in [6.45, 7) is 2.00. The van der Waals surface area contributed by atoms with Gasteiger partial charge in [-0.15, -0.1) is 0 Å². The molecule has 0 saturated heterocycles. The molecule has 0 unspecified atom stereocenters. The van der Waals surface area contributed by atoms with Crippen LogP contribution in [0.4, 0.5) is 5.69 Å². The first kappa shape index (κ1) is 18.0. The number of hydrogen-bond donors (Lipinski definition) is 1. The van der Waals surface area contributed by atoms with Gasteiger partial charge in [0.2, 0.25) is 0 Å². The number of rotatable bonds is 3. The SMILES string of the molecule is Cc1ccc2oc(-c3ccccc3Cl)cc(=Nc3cccc(C(=O)O)c3)c2c1. The Hall–Kier alpha value is -3.37. The van der Waals surface area contributed by atoms with Crippen LogP contribution in [0.15, 0.2) is 82.2 Å². The average molecular weight is 390 g/mol.